The number of nitrogens with zero attached hydrogens (tertiary/aromatic N) is 5. The van der Waals surface area contributed by atoms with Crippen LogP contribution in [0.2, 0.25) is 0 Å². The predicted octanol–water partition coefficient (Wildman–Crippen LogP) is 1.32. The maximum absolute atomic E-state index is 12.7. The van der Waals surface area contributed by atoms with Gasteiger partial charge in [0.15, 0.2) is 0 Å². The third-order valence-corrected chi connectivity index (χ3v) is 5.06. The number of hydrogen-bond acceptors (Lipinski definition) is 6. The Morgan fingerprint density at radius 2 is 1.78 bits per heavy atom. The summed E-state index contributed by atoms with van der Waals surface area (Å²) in [6.07, 6.45) is -0.313. The number of hydrogen-bond donors (Lipinski definition) is 0. The van der Waals surface area contributed by atoms with Gasteiger partial charge in [-0.05, 0) is 20.8 Å². The Kier molecular flexibility index (Phi) is 4.20. The largest absolute Gasteiger partial charge is 0.450 e. The molecule has 2 amide bonds. The predicted molar refractivity (Wildman–Crippen MR) is 84.8 cm³/mol. The molecule has 0 bridgehead atoms. The molecule has 2 aromatic rings. The van der Waals surface area contributed by atoms with Gasteiger partial charge in [-0.25, -0.2) is 4.79 Å². The maximum Gasteiger partial charge on any atom is 0.409 e. The molecule has 0 aliphatic carbocycles. The first kappa shape index (κ1) is 15.7. The van der Waals surface area contributed by atoms with Gasteiger partial charge in [-0.2, -0.15) is 0 Å². The minimum Gasteiger partial charge on any atom is -0.450 e. The van der Waals surface area contributed by atoms with E-state index in [0.29, 0.717) is 37.7 Å². The summed E-state index contributed by atoms with van der Waals surface area (Å²) in [7, 11) is 0. The van der Waals surface area contributed by atoms with Crippen LogP contribution in [0.3, 0.4) is 0 Å². The molecule has 0 saturated carbocycles. The summed E-state index contributed by atoms with van der Waals surface area (Å²) in [5.74, 6) is 0.765. The smallest absolute Gasteiger partial charge is 0.409 e. The highest BCUT2D eigenvalue weighted by Gasteiger charge is 2.28. The van der Waals surface area contributed by atoms with Gasteiger partial charge in [0.2, 0.25) is 4.96 Å². The summed E-state index contributed by atoms with van der Waals surface area (Å²) < 4.78 is 6.89. The number of thiazole rings is 1. The summed E-state index contributed by atoms with van der Waals surface area (Å²) in [6, 6.07) is 0. The second-order valence-corrected chi connectivity index (χ2v) is 6.34. The molecule has 0 N–H and O–H groups in total. The SMILES string of the molecule is CCOC(=O)N1CCN(C(=O)c2sc3nnc(C)n3c2C)CC1. The van der Waals surface area contributed by atoms with Crippen LogP contribution < -0.4 is 0 Å². The number of carbonyl (C=O) groups excluding carboxylic acids is 2. The molecule has 8 nitrogen and oxygen atoms in total. The van der Waals surface area contributed by atoms with E-state index in [4.69, 9.17) is 4.74 Å². The lowest BCUT2D eigenvalue weighted by Gasteiger charge is -2.33. The lowest BCUT2D eigenvalue weighted by Crippen LogP contribution is -2.50. The molecule has 0 unspecified atom stereocenters. The number of carbonyl (C=O) groups is 2. The van der Waals surface area contributed by atoms with E-state index in [1.807, 2.05) is 18.2 Å². The Hall–Kier alpha value is -2.16. The van der Waals surface area contributed by atoms with Crippen LogP contribution in [0.4, 0.5) is 4.79 Å². The highest BCUT2D eigenvalue weighted by Crippen LogP contribution is 2.24. The quantitative estimate of drug-likeness (QED) is 0.826. The van der Waals surface area contributed by atoms with Crippen LogP contribution in [-0.2, 0) is 4.74 Å². The number of aryl methyl sites for hydroxylation is 2. The minimum atomic E-state index is -0.313. The number of amides is 2. The molecule has 23 heavy (non-hydrogen) atoms. The first-order chi connectivity index (χ1) is 11.0. The lowest BCUT2D eigenvalue weighted by atomic mass is 10.3. The average molecular weight is 337 g/mol. The van der Waals surface area contributed by atoms with Gasteiger partial charge in [-0.15, -0.1) is 10.2 Å². The van der Waals surface area contributed by atoms with Crippen LogP contribution in [0, 0.1) is 13.8 Å². The molecule has 0 radical (unpaired) electrons. The Morgan fingerprint density at radius 3 is 2.39 bits per heavy atom. The van der Waals surface area contributed by atoms with E-state index in [9.17, 15) is 9.59 Å². The molecule has 0 spiro atoms. The summed E-state index contributed by atoms with van der Waals surface area (Å²) in [6.45, 7) is 7.92. The normalized spacial score (nSPS) is 15.3. The number of ether oxygens (including phenoxy) is 1. The Labute approximate surface area is 137 Å². The number of rotatable bonds is 2. The van der Waals surface area contributed by atoms with Gasteiger partial charge in [0.05, 0.1) is 6.61 Å². The van der Waals surface area contributed by atoms with Crippen molar-refractivity contribution in [3.8, 4) is 0 Å². The monoisotopic (exact) mass is 337 g/mol. The summed E-state index contributed by atoms with van der Waals surface area (Å²) >= 11 is 1.35. The van der Waals surface area contributed by atoms with Crippen LogP contribution in [0.15, 0.2) is 0 Å². The molecule has 0 atom stereocenters. The molecule has 2 aromatic heterocycles. The molecule has 1 aliphatic rings. The number of fused-ring (bicyclic) bond motifs is 1. The third kappa shape index (κ3) is 2.76. The maximum atomic E-state index is 12.7. The van der Waals surface area contributed by atoms with Crippen LogP contribution in [0.1, 0.15) is 28.1 Å². The highest BCUT2D eigenvalue weighted by molar-refractivity contribution is 7.19. The standard InChI is InChI=1S/C14H19N5O3S/c1-4-22-14(21)18-7-5-17(6-8-18)12(20)11-9(2)19-10(3)15-16-13(19)23-11/h4-8H2,1-3H3. The topological polar surface area (TPSA) is 80.0 Å². The molecular formula is C14H19N5O3S. The minimum absolute atomic E-state index is 0.0130. The van der Waals surface area contributed by atoms with Crippen LogP contribution in [-0.4, -0.2) is 69.2 Å². The lowest BCUT2D eigenvalue weighted by molar-refractivity contribution is 0.0573. The molecule has 9 heteroatoms. The van der Waals surface area contributed by atoms with E-state index < -0.39 is 0 Å². The molecule has 1 saturated heterocycles. The van der Waals surface area contributed by atoms with Crippen molar-refractivity contribution in [1.29, 1.82) is 0 Å². The summed E-state index contributed by atoms with van der Waals surface area (Å²) in [5.41, 5.74) is 0.866. The van der Waals surface area contributed by atoms with Crippen LogP contribution >= 0.6 is 11.3 Å². The zero-order chi connectivity index (χ0) is 16.6. The zero-order valence-corrected chi connectivity index (χ0v) is 14.2. The number of piperazine rings is 1. The van der Waals surface area contributed by atoms with Gasteiger partial charge in [0, 0.05) is 31.9 Å². The third-order valence-electron chi connectivity index (χ3n) is 3.94. The Bertz CT molecular complexity index is 745. The molecule has 1 aliphatic heterocycles. The van der Waals surface area contributed by atoms with Crippen molar-refractivity contribution in [3.05, 3.63) is 16.4 Å². The molecule has 3 rings (SSSR count). The van der Waals surface area contributed by atoms with Crippen molar-refractivity contribution in [1.82, 2.24) is 24.4 Å². The van der Waals surface area contributed by atoms with Gasteiger partial charge in [0.1, 0.15) is 10.7 Å². The van der Waals surface area contributed by atoms with Gasteiger partial charge < -0.3 is 14.5 Å². The first-order valence-corrected chi connectivity index (χ1v) is 8.36. The van der Waals surface area contributed by atoms with Crippen molar-refractivity contribution in [2.24, 2.45) is 0 Å². The fourth-order valence-electron chi connectivity index (χ4n) is 2.71. The van der Waals surface area contributed by atoms with Gasteiger partial charge in [-0.1, -0.05) is 11.3 Å². The van der Waals surface area contributed by atoms with E-state index in [0.717, 1.165) is 16.5 Å². The second kappa shape index (κ2) is 6.15. The molecule has 1 fully saturated rings. The van der Waals surface area contributed by atoms with Gasteiger partial charge >= 0.3 is 6.09 Å². The molecular weight excluding hydrogens is 318 g/mol. The van der Waals surface area contributed by atoms with Crippen molar-refractivity contribution in [3.63, 3.8) is 0 Å². The Balaban J connectivity index is 1.71. The van der Waals surface area contributed by atoms with E-state index in [1.54, 1.807) is 16.7 Å². The number of aromatic nitrogens is 3. The summed E-state index contributed by atoms with van der Waals surface area (Å²) in [4.78, 5) is 29.3. The van der Waals surface area contributed by atoms with Crippen molar-refractivity contribution >= 4 is 28.3 Å². The molecule has 124 valence electrons. The first-order valence-electron chi connectivity index (χ1n) is 7.55. The van der Waals surface area contributed by atoms with Crippen molar-refractivity contribution < 1.29 is 14.3 Å². The van der Waals surface area contributed by atoms with E-state index in [1.165, 1.54) is 11.3 Å². The van der Waals surface area contributed by atoms with Gasteiger partial charge in [-0.3, -0.25) is 9.20 Å². The van der Waals surface area contributed by atoms with Gasteiger partial charge in [0.25, 0.3) is 5.91 Å². The van der Waals surface area contributed by atoms with Crippen LogP contribution in [0.25, 0.3) is 4.96 Å². The van der Waals surface area contributed by atoms with Crippen molar-refractivity contribution in [2.75, 3.05) is 32.8 Å². The second-order valence-electron chi connectivity index (χ2n) is 5.36. The highest BCUT2D eigenvalue weighted by atomic mass is 32.1. The average Bonchev–Trinajstić information content (AvgIpc) is 3.08. The Morgan fingerprint density at radius 1 is 1.13 bits per heavy atom. The van der Waals surface area contributed by atoms with E-state index >= 15 is 0 Å². The fraction of sp³-hybridized carbons (Fsp3) is 0.571. The zero-order valence-electron chi connectivity index (χ0n) is 13.4. The fourth-order valence-corrected chi connectivity index (χ4v) is 3.79. The molecule has 3 heterocycles. The van der Waals surface area contributed by atoms with E-state index in [-0.39, 0.29) is 12.0 Å². The molecule has 0 aromatic carbocycles. The van der Waals surface area contributed by atoms with E-state index in [2.05, 4.69) is 10.2 Å². The van der Waals surface area contributed by atoms with Crippen molar-refractivity contribution in [2.45, 2.75) is 20.8 Å². The summed E-state index contributed by atoms with van der Waals surface area (Å²) in [5, 5.41) is 8.09. The van der Waals surface area contributed by atoms with Crippen LogP contribution in [0.5, 0.6) is 0 Å².